The van der Waals surface area contributed by atoms with Gasteiger partial charge in [-0.2, -0.15) is 0 Å². The van der Waals surface area contributed by atoms with Crippen LogP contribution in [-0.4, -0.2) is 44.3 Å². The number of nitrogens with one attached hydrogen (secondary N) is 1. The van der Waals surface area contributed by atoms with Crippen molar-refractivity contribution in [2.45, 2.75) is 43.0 Å². The second-order valence-electron chi connectivity index (χ2n) is 5.83. The SMILES string of the molecule is C[C@@H](Sc1n[nH]c(-c2ccccc2)n1)C(=O)N1CCCCCC1. The largest absolute Gasteiger partial charge is 0.342 e. The second-order valence-corrected chi connectivity index (χ2v) is 7.14. The van der Waals surface area contributed by atoms with Crippen LogP contribution in [0.5, 0.6) is 0 Å². The molecule has 0 spiro atoms. The summed E-state index contributed by atoms with van der Waals surface area (Å²) in [5.74, 6) is 0.936. The summed E-state index contributed by atoms with van der Waals surface area (Å²) in [7, 11) is 0. The van der Waals surface area contributed by atoms with E-state index >= 15 is 0 Å². The third-order valence-electron chi connectivity index (χ3n) is 4.06. The molecular weight excluding hydrogens is 308 g/mol. The first kappa shape index (κ1) is 16.1. The van der Waals surface area contributed by atoms with Crippen LogP contribution >= 0.6 is 11.8 Å². The molecule has 5 nitrogen and oxygen atoms in total. The number of likely N-dealkylation sites (tertiary alicyclic amines) is 1. The van der Waals surface area contributed by atoms with Gasteiger partial charge >= 0.3 is 0 Å². The lowest BCUT2D eigenvalue weighted by molar-refractivity contribution is -0.130. The molecule has 0 radical (unpaired) electrons. The Bertz CT molecular complexity index is 635. The fourth-order valence-corrected chi connectivity index (χ4v) is 3.59. The molecule has 1 atom stereocenters. The average molecular weight is 330 g/mol. The van der Waals surface area contributed by atoms with Crippen molar-refractivity contribution in [3.8, 4) is 11.4 Å². The molecule has 1 aliphatic rings. The van der Waals surface area contributed by atoms with Crippen LogP contribution in [0.2, 0.25) is 0 Å². The quantitative estimate of drug-likeness (QED) is 0.873. The first-order valence-corrected chi connectivity index (χ1v) is 9.05. The smallest absolute Gasteiger partial charge is 0.235 e. The van der Waals surface area contributed by atoms with E-state index in [0.29, 0.717) is 5.16 Å². The van der Waals surface area contributed by atoms with Crippen molar-refractivity contribution in [3.05, 3.63) is 30.3 Å². The van der Waals surface area contributed by atoms with Crippen LogP contribution < -0.4 is 0 Å². The van der Waals surface area contributed by atoms with Crippen LogP contribution in [0.25, 0.3) is 11.4 Å². The molecule has 1 fully saturated rings. The van der Waals surface area contributed by atoms with Gasteiger partial charge in [0.1, 0.15) is 0 Å². The Labute approximate surface area is 140 Å². The molecule has 3 rings (SSSR count). The number of aromatic amines is 1. The van der Waals surface area contributed by atoms with Crippen LogP contribution in [-0.2, 0) is 4.79 Å². The maximum atomic E-state index is 12.6. The highest BCUT2D eigenvalue weighted by molar-refractivity contribution is 8.00. The van der Waals surface area contributed by atoms with E-state index in [1.165, 1.54) is 24.6 Å². The van der Waals surface area contributed by atoms with Gasteiger partial charge in [-0.3, -0.25) is 9.89 Å². The molecule has 1 aromatic carbocycles. The van der Waals surface area contributed by atoms with E-state index in [4.69, 9.17) is 0 Å². The molecule has 0 saturated carbocycles. The summed E-state index contributed by atoms with van der Waals surface area (Å²) in [4.78, 5) is 19.1. The van der Waals surface area contributed by atoms with Crippen LogP contribution in [0.15, 0.2) is 35.5 Å². The molecule has 2 heterocycles. The van der Waals surface area contributed by atoms with Crippen molar-refractivity contribution < 1.29 is 4.79 Å². The zero-order valence-corrected chi connectivity index (χ0v) is 14.2. The zero-order chi connectivity index (χ0) is 16.1. The van der Waals surface area contributed by atoms with Crippen molar-refractivity contribution >= 4 is 17.7 Å². The predicted octanol–water partition coefficient (Wildman–Crippen LogP) is 3.35. The lowest BCUT2D eigenvalue weighted by Gasteiger charge is -2.23. The molecule has 0 aliphatic carbocycles. The number of amides is 1. The summed E-state index contributed by atoms with van der Waals surface area (Å²) in [6, 6.07) is 9.88. The van der Waals surface area contributed by atoms with Crippen LogP contribution in [0.3, 0.4) is 0 Å². The van der Waals surface area contributed by atoms with Crippen molar-refractivity contribution in [1.29, 1.82) is 0 Å². The van der Waals surface area contributed by atoms with E-state index in [9.17, 15) is 4.79 Å². The molecule has 1 N–H and O–H groups in total. The van der Waals surface area contributed by atoms with Gasteiger partial charge in [0.25, 0.3) is 0 Å². The number of hydrogen-bond acceptors (Lipinski definition) is 4. The molecule has 23 heavy (non-hydrogen) atoms. The number of carbonyl (C=O) groups is 1. The highest BCUT2D eigenvalue weighted by atomic mass is 32.2. The number of aromatic nitrogens is 3. The molecule has 1 aliphatic heterocycles. The van der Waals surface area contributed by atoms with Crippen LogP contribution in [0.4, 0.5) is 0 Å². The summed E-state index contributed by atoms with van der Waals surface area (Å²) in [5.41, 5.74) is 0.998. The van der Waals surface area contributed by atoms with E-state index in [-0.39, 0.29) is 11.2 Å². The normalized spacial score (nSPS) is 16.8. The fourth-order valence-electron chi connectivity index (χ4n) is 2.78. The third kappa shape index (κ3) is 4.13. The van der Waals surface area contributed by atoms with Crippen LogP contribution in [0.1, 0.15) is 32.6 Å². The van der Waals surface area contributed by atoms with E-state index in [0.717, 1.165) is 37.3 Å². The monoisotopic (exact) mass is 330 g/mol. The highest BCUT2D eigenvalue weighted by Gasteiger charge is 2.23. The van der Waals surface area contributed by atoms with Gasteiger partial charge in [-0.15, -0.1) is 5.10 Å². The van der Waals surface area contributed by atoms with Crippen molar-refractivity contribution in [3.63, 3.8) is 0 Å². The topological polar surface area (TPSA) is 61.9 Å². The van der Waals surface area contributed by atoms with Gasteiger partial charge in [-0.25, -0.2) is 4.98 Å². The maximum absolute atomic E-state index is 12.6. The summed E-state index contributed by atoms with van der Waals surface area (Å²) in [6.07, 6.45) is 4.68. The molecular formula is C17H22N4OS. The molecule has 2 aromatic rings. The number of nitrogens with zero attached hydrogens (tertiary/aromatic N) is 3. The Morgan fingerprint density at radius 3 is 2.57 bits per heavy atom. The van der Waals surface area contributed by atoms with E-state index in [2.05, 4.69) is 15.2 Å². The van der Waals surface area contributed by atoms with E-state index in [1.54, 1.807) is 0 Å². The maximum Gasteiger partial charge on any atom is 0.235 e. The highest BCUT2D eigenvalue weighted by Crippen LogP contribution is 2.24. The van der Waals surface area contributed by atoms with Crippen LogP contribution in [0, 0.1) is 0 Å². The Balaban J connectivity index is 1.62. The molecule has 122 valence electrons. The number of benzene rings is 1. The van der Waals surface area contributed by atoms with Crippen molar-refractivity contribution in [2.24, 2.45) is 0 Å². The van der Waals surface area contributed by atoms with Crippen molar-refractivity contribution in [1.82, 2.24) is 20.1 Å². The Morgan fingerprint density at radius 1 is 1.17 bits per heavy atom. The van der Waals surface area contributed by atoms with Gasteiger partial charge in [-0.1, -0.05) is 54.9 Å². The molecule has 1 aromatic heterocycles. The van der Waals surface area contributed by atoms with E-state index < -0.39 is 0 Å². The second kappa shape index (κ2) is 7.64. The van der Waals surface area contributed by atoms with Gasteiger partial charge in [0.2, 0.25) is 11.1 Å². The predicted molar refractivity (Wildman–Crippen MR) is 92.2 cm³/mol. The number of carbonyl (C=O) groups excluding carboxylic acids is 1. The first-order chi connectivity index (χ1) is 11.2. The number of rotatable bonds is 4. The minimum atomic E-state index is -0.160. The average Bonchev–Trinajstić information content (AvgIpc) is 2.88. The molecule has 0 bridgehead atoms. The molecule has 0 unspecified atom stereocenters. The number of hydrogen-bond donors (Lipinski definition) is 1. The summed E-state index contributed by atoms with van der Waals surface area (Å²) in [6.45, 7) is 3.70. The molecule has 1 saturated heterocycles. The van der Waals surface area contributed by atoms with Crippen molar-refractivity contribution in [2.75, 3.05) is 13.1 Å². The van der Waals surface area contributed by atoms with Gasteiger partial charge < -0.3 is 4.90 Å². The zero-order valence-electron chi connectivity index (χ0n) is 13.4. The Morgan fingerprint density at radius 2 is 1.87 bits per heavy atom. The van der Waals surface area contributed by atoms with Gasteiger partial charge in [0, 0.05) is 18.7 Å². The van der Waals surface area contributed by atoms with Gasteiger partial charge in [0.05, 0.1) is 5.25 Å². The Kier molecular flexibility index (Phi) is 5.33. The summed E-state index contributed by atoms with van der Waals surface area (Å²) < 4.78 is 0. The van der Waals surface area contributed by atoms with Gasteiger partial charge in [-0.05, 0) is 19.8 Å². The lowest BCUT2D eigenvalue weighted by Crippen LogP contribution is -2.37. The van der Waals surface area contributed by atoms with E-state index in [1.807, 2.05) is 42.2 Å². The first-order valence-electron chi connectivity index (χ1n) is 8.17. The standard InChI is InChI=1S/C17H22N4OS/c1-13(16(22)21-11-7-2-3-8-12-21)23-17-18-15(19-20-17)14-9-5-4-6-10-14/h4-6,9-10,13H,2-3,7-8,11-12H2,1H3,(H,18,19,20)/t13-/m1/s1. The number of thioether (sulfide) groups is 1. The number of H-pyrrole nitrogens is 1. The Hall–Kier alpha value is -1.82. The van der Waals surface area contributed by atoms with Gasteiger partial charge in [0.15, 0.2) is 5.82 Å². The fraction of sp³-hybridized carbons (Fsp3) is 0.471. The summed E-state index contributed by atoms with van der Waals surface area (Å²) >= 11 is 1.42. The third-order valence-corrected chi connectivity index (χ3v) is 5.01. The molecule has 1 amide bonds. The summed E-state index contributed by atoms with van der Waals surface area (Å²) in [5, 5.41) is 7.65. The molecule has 6 heteroatoms. The minimum Gasteiger partial charge on any atom is -0.342 e. The minimum absolute atomic E-state index is 0.160. The lowest BCUT2D eigenvalue weighted by atomic mass is 10.2.